The summed E-state index contributed by atoms with van der Waals surface area (Å²) in [5.41, 5.74) is 2.37. The molecule has 1 aromatic heterocycles. The number of hydrogen-bond donors (Lipinski definition) is 1. The van der Waals surface area contributed by atoms with Crippen LogP contribution in [-0.4, -0.2) is 26.9 Å². The number of rotatable bonds is 1. The summed E-state index contributed by atoms with van der Waals surface area (Å²) in [6.45, 7) is 6.97. The monoisotopic (exact) mass is 356 g/mol. The van der Waals surface area contributed by atoms with Gasteiger partial charge in [0.2, 0.25) is 6.41 Å². The SMILES string of the molecule is CC12Cc3cn(C=O)nc3CC1CCC1C2CCC2(C)C1CC[C@]2(C)O. The Balaban J connectivity index is 1.49. The van der Waals surface area contributed by atoms with Gasteiger partial charge in [-0.05, 0) is 98.4 Å². The molecule has 1 heterocycles. The third-order valence-corrected chi connectivity index (χ3v) is 9.64. The summed E-state index contributed by atoms with van der Waals surface area (Å²) in [6.07, 6.45) is 12.0. The molecule has 0 saturated heterocycles. The zero-order valence-corrected chi connectivity index (χ0v) is 16.4. The van der Waals surface area contributed by atoms with Crippen LogP contribution in [0.4, 0.5) is 0 Å². The number of fused-ring (bicyclic) bond motifs is 6. The summed E-state index contributed by atoms with van der Waals surface area (Å²) in [6, 6.07) is 0. The lowest BCUT2D eigenvalue weighted by Crippen LogP contribution is -2.56. The third kappa shape index (κ3) is 2.00. The van der Waals surface area contributed by atoms with Crippen LogP contribution in [0, 0.1) is 34.5 Å². The highest BCUT2D eigenvalue weighted by molar-refractivity contribution is 5.51. The Morgan fingerprint density at radius 2 is 1.92 bits per heavy atom. The minimum atomic E-state index is -0.495. The molecule has 5 rings (SSSR count). The van der Waals surface area contributed by atoms with E-state index >= 15 is 0 Å². The summed E-state index contributed by atoms with van der Waals surface area (Å²) in [5, 5.41) is 15.5. The van der Waals surface area contributed by atoms with Crippen molar-refractivity contribution in [2.45, 2.75) is 77.7 Å². The molecule has 0 aromatic carbocycles. The van der Waals surface area contributed by atoms with Crippen molar-refractivity contribution in [3.05, 3.63) is 17.5 Å². The molecule has 4 aliphatic rings. The van der Waals surface area contributed by atoms with Gasteiger partial charge in [-0.1, -0.05) is 13.8 Å². The second-order valence-corrected chi connectivity index (χ2v) is 10.5. The van der Waals surface area contributed by atoms with Crippen LogP contribution in [0.2, 0.25) is 0 Å². The fraction of sp³-hybridized carbons (Fsp3) is 0.818. The van der Waals surface area contributed by atoms with Crippen molar-refractivity contribution >= 4 is 6.41 Å². The normalized spacial score (nSPS) is 49.7. The second-order valence-electron chi connectivity index (χ2n) is 10.5. The van der Waals surface area contributed by atoms with Crippen molar-refractivity contribution in [2.24, 2.45) is 34.5 Å². The quantitative estimate of drug-likeness (QED) is 0.782. The van der Waals surface area contributed by atoms with E-state index in [0.717, 1.165) is 49.6 Å². The van der Waals surface area contributed by atoms with Gasteiger partial charge in [0.15, 0.2) is 0 Å². The lowest BCUT2D eigenvalue weighted by Gasteiger charge is -2.60. The molecule has 142 valence electrons. The Labute approximate surface area is 156 Å². The molecule has 4 nitrogen and oxygen atoms in total. The van der Waals surface area contributed by atoms with E-state index in [1.165, 1.54) is 35.9 Å². The Morgan fingerprint density at radius 1 is 1.15 bits per heavy atom. The lowest BCUT2D eigenvalue weighted by atomic mass is 9.44. The molecular formula is C22H32N2O2. The van der Waals surface area contributed by atoms with Gasteiger partial charge in [-0.2, -0.15) is 5.10 Å². The third-order valence-electron chi connectivity index (χ3n) is 9.64. The largest absolute Gasteiger partial charge is 0.390 e. The van der Waals surface area contributed by atoms with Gasteiger partial charge in [-0.3, -0.25) is 4.79 Å². The Kier molecular flexibility index (Phi) is 3.40. The van der Waals surface area contributed by atoms with Crippen LogP contribution in [-0.2, 0) is 17.6 Å². The average molecular weight is 357 g/mol. The average Bonchev–Trinajstić information content (AvgIpc) is 3.09. The maximum atomic E-state index is 11.1. The van der Waals surface area contributed by atoms with Crippen LogP contribution in [0.5, 0.6) is 0 Å². The minimum Gasteiger partial charge on any atom is -0.390 e. The zero-order chi connectivity index (χ0) is 18.3. The fourth-order valence-electron chi connectivity index (χ4n) is 7.87. The van der Waals surface area contributed by atoms with Crippen LogP contribution in [0.25, 0.3) is 0 Å². The molecule has 3 saturated carbocycles. The predicted molar refractivity (Wildman–Crippen MR) is 100 cm³/mol. The van der Waals surface area contributed by atoms with Crippen molar-refractivity contribution in [3.8, 4) is 0 Å². The first-order valence-corrected chi connectivity index (χ1v) is 10.5. The first-order valence-electron chi connectivity index (χ1n) is 10.5. The first kappa shape index (κ1) is 17.0. The summed E-state index contributed by atoms with van der Waals surface area (Å²) in [4.78, 5) is 11.1. The van der Waals surface area contributed by atoms with Crippen molar-refractivity contribution in [1.29, 1.82) is 0 Å². The van der Waals surface area contributed by atoms with Gasteiger partial charge >= 0.3 is 0 Å². The van der Waals surface area contributed by atoms with Crippen molar-refractivity contribution in [3.63, 3.8) is 0 Å². The molecule has 4 heteroatoms. The summed E-state index contributed by atoms with van der Waals surface area (Å²) < 4.78 is 1.47. The van der Waals surface area contributed by atoms with Gasteiger partial charge < -0.3 is 5.11 Å². The van der Waals surface area contributed by atoms with Crippen LogP contribution >= 0.6 is 0 Å². The van der Waals surface area contributed by atoms with E-state index in [1.54, 1.807) is 0 Å². The highest BCUT2D eigenvalue weighted by atomic mass is 16.3. The molecule has 1 N–H and O–H groups in total. The van der Waals surface area contributed by atoms with Gasteiger partial charge in [0, 0.05) is 6.20 Å². The molecule has 3 fully saturated rings. The molecule has 7 atom stereocenters. The van der Waals surface area contributed by atoms with Gasteiger partial charge in [-0.15, -0.1) is 0 Å². The van der Waals surface area contributed by atoms with Crippen molar-refractivity contribution in [1.82, 2.24) is 9.78 Å². The number of nitrogens with zero attached hydrogens (tertiary/aromatic N) is 2. The van der Waals surface area contributed by atoms with Gasteiger partial charge in [0.05, 0.1) is 11.3 Å². The maximum absolute atomic E-state index is 11.1. The molecule has 1 aromatic rings. The summed E-state index contributed by atoms with van der Waals surface area (Å²) in [7, 11) is 0. The van der Waals surface area contributed by atoms with Crippen molar-refractivity contribution < 1.29 is 9.90 Å². The molecule has 0 aliphatic heterocycles. The predicted octanol–water partition coefficient (Wildman–Crippen LogP) is 3.63. The lowest BCUT2D eigenvalue weighted by molar-refractivity contribution is -0.139. The van der Waals surface area contributed by atoms with E-state index in [-0.39, 0.29) is 5.41 Å². The Hall–Kier alpha value is -1.16. The van der Waals surface area contributed by atoms with Gasteiger partial charge in [0.25, 0.3) is 0 Å². The second kappa shape index (κ2) is 5.21. The van der Waals surface area contributed by atoms with Crippen LogP contribution in [0.1, 0.15) is 70.6 Å². The number of aliphatic hydroxyl groups is 1. The number of hydrogen-bond acceptors (Lipinski definition) is 3. The number of carbonyl (C=O) groups is 1. The minimum absolute atomic E-state index is 0.0968. The van der Waals surface area contributed by atoms with E-state index < -0.39 is 5.60 Å². The summed E-state index contributed by atoms with van der Waals surface area (Å²) in [5.74, 6) is 2.87. The standard InChI is InChI=1S/C22H32N2O2/c1-20-11-14-12-24(13-25)23-19(14)10-15(20)4-5-16-17(20)6-8-21(2)18(16)7-9-22(21,3)26/h12-13,15-18,26H,4-11H2,1-3H3/t15?,16?,17?,18?,20?,21?,22-/m0/s1. The van der Waals surface area contributed by atoms with Crippen LogP contribution in [0.3, 0.4) is 0 Å². The van der Waals surface area contributed by atoms with E-state index in [4.69, 9.17) is 0 Å². The van der Waals surface area contributed by atoms with E-state index in [2.05, 4.69) is 25.9 Å². The molecular weight excluding hydrogens is 324 g/mol. The number of carbonyl (C=O) groups excluding carboxylic acids is 1. The van der Waals surface area contributed by atoms with Crippen LogP contribution < -0.4 is 0 Å². The molecule has 0 radical (unpaired) electrons. The molecule has 0 bridgehead atoms. The zero-order valence-electron chi connectivity index (χ0n) is 16.4. The number of aromatic nitrogens is 2. The topological polar surface area (TPSA) is 55.1 Å². The van der Waals surface area contributed by atoms with E-state index in [9.17, 15) is 9.90 Å². The van der Waals surface area contributed by atoms with E-state index in [0.29, 0.717) is 17.3 Å². The molecule has 0 spiro atoms. The van der Waals surface area contributed by atoms with Crippen LogP contribution in [0.15, 0.2) is 6.20 Å². The molecule has 4 aliphatic carbocycles. The molecule has 6 unspecified atom stereocenters. The Bertz CT molecular complexity index is 753. The van der Waals surface area contributed by atoms with Crippen molar-refractivity contribution in [2.75, 3.05) is 0 Å². The Morgan fingerprint density at radius 3 is 2.69 bits per heavy atom. The maximum Gasteiger partial charge on any atom is 0.234 e. The first-order chi connectivity index (χ1) is 12.3. The summed E-state index contributed by atoms with van der Waals surface area (Å²) >= 11 is 0. The fourth-order valence-corrected chi connectivity index (χ4v) is 7.87. The van der Waals surface area contributed by atoms with E-state index in [1.807, 2.05) is 6.20 Å². The van der Waals surface area contributed by atoms with Gasteiger partial charge in [-0.25, -0.2) is 4.68 Å². The van der Waals surface area contributed by atoms with Gasteiger partial charge in [0.1, 0.15) is 0 Å². The molecule has 0 amide bonds. The smallest absolute Gasteiger partial charge is 0.234 e. The highest BCUT2D eigenvalue weighted by Gasteiger charge is 2.63. The highest BCUT2D eigenvalue weighted by Crippen LogP contribution is 2.67. The molecule has 26 heavy (non-hydrogen) atoms.